The molecule has 0 radical (unpaired) electrons. The Kier molecular flexibility index (Phi) is 3.81. The van der Waals surface area contributed by atoms with E-state index < -0.39 is 30.8 Å². The SMILES string of the molecule is C=C(C)C(=O)OC1OC(OC)C(O)C1O. The lowest BCUT2D eigenvalue weighted by Crippen LogP contribution is -2.35. The molecule has 6 heteroatoms. The summed E-state index contributed by atoms with van der Waals surface area (Å²) in [6.07, 6.45) is -4.78. The van der Waals surface area contributed by atoms with E-state index in [0.29, 0.717) is 0 Å². The van der Waals surface area contributed by atoms with Crippen LogP contribution in [0.3, 0.4) is 0 Å². The van der Waals surface area contributed by atoms with Gasteiger partial charge in [0.2, 0.25) is 6.29 Å². The summed E-state index contributed by atoms with van der Waals surface area (Å²) in [4.78, 5) is 11.1. The Hall–Kier alpha value is -0.950. The average Bonchev–Trinajstić information content (AvgIpc) is 2.45. The topological polar surface area (TPSA) is 85.2 Å². The lowest BCUT2D eigenvalue weighted by Gasteiger charge is -2.14. The van der Waals surface area contributed by atoms with E-state index in [1.54, 1.807) is 0 Å². The van der Waals surface area contributed by atoms with E-state index in [1.165, 1.54) is 14.0 Å². The van der Waals surface area contributed by atoms with Crippen molar-refractivity contribution in [3.63, 3.8) is 0 Å². The molecule has 1 saturated heterocycles. The molecule has 4 unspecified atom stereocenters. The molecule has 0 aromatic rings. The van der Waals surface area contributed by atoms with Gasteiger partial charge in [0.25, 0.3) is 0 Å². The maximum absolute atomic E-state index is 11.1. The van der Waals surface area contributed by atoms with Gasteiger partial charge in [-0.05, 0) is 6.92 Å². The molecule has 0 aromatic heterocycles. The maximum atomic E-state index is 11.1. The van der Waals surface area contributed by atoms with Crippen molar-refractivity contribution in [3.05, 3.63) is 12.2 Å². The van der Waals surface area contributed by atoms with E-state index in [2.05, 4.69) is 6.58 Å². The minimum Gasteiger partial charge on any atom is -0.429 e. The Morgan fingerprint density at radius 3 is 2.27 bits per heavy atom. The van der Waals surface area contributed by atoms with Gasteiger partial charge >= 0.3 is 5.97 Å². The minimum atomic E-state index is -1.32. The zero-order valence-corrected chi connectivity index (χ0v) is 8.54. The summed E-state index contributed by atoms with van der Waals surface area (Å²) in [5.41, 5.74) is 0.182. The highest BCUT2D eigenvalue weighted by Gasteiger charge is 2.45. The Labute approximate surface area is 87.1 Å². The predicted octanol–water partition coefficient (Wildman–Crippen LogP) is -0.844. The second-order valence-electron chi connectivity index (χ2n) is 3.28. The van der Waals surface area contributed by atoms with Crippen LogP contribution in [0.15, 0.2) is 12.2 Å². The monoisotopic (exact) mass is 218 g/mol. The zero-order valence-electron chi connectivity index (χ0n) is 8.54. The van der Waals surface area contributed by atoms with Crippen molar-refractivity contribution in [1.82, 2.24) is 0 Å². The number of carbonyl (C=O) groups excluding carboxylic acids is 1. The van der Waals surface area contributed by atoms with E-state index in [1.807, 2.05) is 0 Å². The molecular weight excluding hydrogens is 204 g/mol. The molecule has 15 heavy (non-hydrogen) atoms. The van der Waals surface area contributed by atoms with Gasteiger partial charge in [0.1, 0.15) is 12.2 Å². The second-order valence-corrected chi connectivity index (χ2v) is 3.28. The van der Waals surface area contributed by atoms with E-state index in [-0.39, 0.29) is 5.57 Å². The van der Waals surface area contributed by atoms with Gasteiger partial charge in [0, 0.05) is 12.7 Å². The van der Waals surface area contributed by atoms with E-state index in [9.17, 15) is 15.0 Å². The van der Waals surface area contributed by atoms with Gasteiger partial charge in [-0.15, -0.1) is 0 Å². The molecule has 2 N–H and O–H groups in total. The molecule has 4 atom stereocenters. The standard InChI is InChI=1S/C9H14O6/c1-4(2)7(12)14-9-6(11)5(10)8(13-3)15-9/h5-6,8-11H,1H2,2-3H3. The highest BCUT2D eigenvalue weighted by Crippen LogP contribution is 2.23. The van der Waals surface area contributed by atoms with Gasteiger partial charge in [0.05, 0.1) is 0 Å². The fourth-order valence-corrected chi connectivity index (χ4v) is 1.11. The largest absolute Gasteiger partial charge is 0.429 e. The first-order valence-electron chi connectivity index (χ1n) is 4.38. The Morgan fingerprint density at radius 1 is 1.33 bits per heavy atom. The maximum Gasteiger partial charge on any atom is 0.335 e. The number of hydrogen-bond donors (Lipinski definition) is 2. The lowest BCUT2D eigenvalue weighted by molar-refractivity contribution is -0.213. The summed E-state index contributed by atoms with van der Waals surface area (Å²) in [5.74, 6) is -0.692. The molecule has 1 rings (SSSR count). The zero-order chi connectivity index (χ0) is 11.6. The van der Waals surface area contributed by atoms with Crippen molar-refractivity contribution in [2.45, 2.75) is 31.7 Å². The van der Waals surface area contributed by atoms with Gasteiger partial charge in [0.15, 0.2) is 6.29 Å². The molecular formula is C9H14O6. The van der Waals surface area contributed by atoms with Crippen LogP contribution in [0.4, 0.5) is 0 Å². The molecule has 0 aliphatic carbocycles. The van der Waals surface area contributed by atoms with Crippen LogP contribution >= 0.6 is 0 Å². The Morgan fingerprint density at radius 2 is 1.87 bits per heavy atom. The Bertz CT molecular complexity index is 263. The van der Waals surface area contributed by atoms with Crippen molar-refractivity contribution in [3.8, 4) is 0 Å². The van der Waals surface area contributed by atoms with Crippen LogP contribution in [0, 0.1) is 0 Å². The Balaban J connectivity index is 2.58. The first kappa shape index (κ1) is 12.1. The molecule has 0 saturated carbocycles. The number of hydrogen-bond acceptors (Lipinski definition) is 6. The predicted molar refractivity (Wildman–Crippen MR) is 48.6 cm³/mol. The fraction of sp³-hybridized carbons (Fsp3) is 0.667. The third-order valence-corrected chi connectivity index (χ3v) is 1.98. The van der Waals surface area contributed by atoms with Gasteiger partial charge < -0.3 is 24.4 Å². The molecule has 0 spiro atoms. The highest BCUT2D eigenvalue weighted by atomic mass is 16.8. The van der Waals surface area contributed by atoms with Crippen LogP contribution in [-0.2, 0) is 19.0 Å². The number of esters is 1. The van der Waals surface area contributed by atoms with E-state index in [4.69, 9.17) is 14.2 Å². The third kappa shape index (κ3) is 2.54. The summed E-state index contributed by atoms with van der Waals surface area (Å²) >= 11 is 0. The van der Waals surface area contributed by atoms with Gasteiger partial charge in [-0.3, -0.25) is 0 Å². The fourth-order valence-electron chi connectivity index (χ4n) is 1.11. The second kappa shape index (κ2) is 4.71. The van der Waals surface area contributed by atoms with Crippen molar-refractivity contribution in [2.24, 2.45) is 0 Å². The number of rotatable bonds is 3. The molecule has 1 aliphatic rings. The summed E-state index contributed by atoms with van der Waals surface area (Å²) < 4.78 is 14.4. The number of aliphatic hydroxyl groups excluding tert-OH is 2. The van der Waals surface area contributed by atoms with Crippen LogP contribution in [-0.4, -0.2) is 48.1 Å². The summed E-state index contributed by atoms with van der Waals surface area (Å²) in [7, 11) is 1.31. The van der Waals surface area contributed by atoms with Crippen molar-refractivity contribution >= 4 is 5.97 Å². The molecule has 1 aliphatic heterocycles. The van der Waals surface area contributed by atoms with Crippen molar-refractivity contribution in [2.75, 3.05) is 7.11 Å². The molecule has 1 fully saturated rings. The first-order valence-corrected chi connectivity index (χ1v) is 4.38. The summed E-state index contributed by atoms with van der Waals surface area (Å²) in [6.45, 7) is 4.84. The third-order valence-electron chi connectivity index (χ3n) is 1.98. The normalized spacial score (nSPS) is 35.2. The van der Waals surface area contributed by atoms with Crippen LogP contribution in [0.5, 0.6) is 0 Å². The quantitative estimate of drug-likeness (QED) is 0.474. The van der Waals surface area contributed by atoms with Gasteiger partial charge in [-0.2, -0.15) is 0 Å². The van der Waals surface area contributed by atoms with Crippen molar-refractivity contribution < 1.29 is 29.2 Å². The van der Waals surface area contributed by atoms with Crippen LogP contribution in [0.25, 0.3) is 0 Å². The van der Waals surface area contributed by atoms with E-state index in [0.717, 1.165) is 0 Å². The van der Waals surface area contributed by atoms with Crippen LogP contribution in [0.2, 0.25) is 0 Å². The van der Waals surface area contributed by atoms with Crippen LogP contribution < -0.4 is 0 Å². The van der Waals surface area contributed by atoms with E-state index >= 15 is 0 Å². The van der Waals surface area contributed by atoms with Crippen LogP contribution in [0.1, 0.15) is 6.92 Å². The highest BCUT2D eigenvalue weighted by molar-refractivity contribution is 5.87. The molecule has 0 bridgehead atoms. The lowest BCUT2D eigenvalue weighted by atomic mass is 10.2. The summed E-state index contributed by atoms with van der Waals surface area (Å²) in [5, 5.41) is 18.8. The summed E-state index contributed by atoms with van der Waals surface area (Å²) in [6, 6.07) is 0. The molecule has 0 amide bonds. The first-order chi connectivity index (χ1) is 6.97. The number of aliphatic hydroxyl groups is 2. The van der Waals surface area contributed by atoms with Gasteiger partial charge in [-0.1, -0.05) is 6.58 Å². The molecule has 6 nitrogen and oxygen atoms in total. The smallest absolute Gasteiger partial charge is 0.335 e. The molecule has 0 aromatic carbocycles. The number of methoxy groups -OCH3 is 1. The van der Waals surface area contributed by atoms with Crippen molar-refractivity contribution in [1.29, 1.82) is 0 Å². The minimum absolute atomic E-state index is 0.182. The number of carbonyl (C=O) groups is 1. The van der Waals surface area contributed by atoms with Gasteiger partial charge in [-0.25, -0.2) is 4.79 Å². The average molecular weight is 218 g/mol. The molecule has 86 valence electrons. The molecule has 1 heterocycles. The number of ether oxygens (including phenoxy) is 3.